The molecule has 0 radical (unpaired) electrons. The van der Waals surface area contributed by atoms with Crippen LogP contribution >= 0.6 is 28.3 Å². The molecule has 0 saturated carbocycles. The number of nitrogens with zero attached hydrogens (tertiary/aromatic N) is 1. The van der Waals surface area contributed by atoms with E-state index < -0.39 is 0 Å². The molecule has 2 rings (SSSR count). The summed E-state index contributed by atoms with van der Waals surface area (Å²) in [5.74, 6) is -0.187. The first-order valence-electron chi connectivity index (χ1n) is 7.25. The van der Waals surface area contributed by atoms with Crippen LogP contribution in [0.4, 0.5) is 4.39 Å². The van der Waals surface area contributed by atoms with E-state index in [1.165, 1.54) is 6.07 Å². The number of benzene rings is 1. The third-order valence-corrected chi connectivity index (χ3v) is 4.51. The first-order valence-corrected chi connectivity index (χ1v) is 8.04. The molecule has 0 aromatic heterocycles. The minimum absolute atomic E-state index is 0. The van der Waals surface area contributed by atoms with Gasteiger partial charge in [-0.15, -0.1) is 12.4 Å². The number of rotatable bonds is 5. The molecule has 4 nitrogen and oxygen atoms in total. The van der Waals surface area contributed by atoms with E-state index in [0.29, 0.717) is 31.7 Å². The van der Waals surface area contributed by atoms with Crippen molar-refractivity contribution in [1.29, 1.82) is 0 Å². The summed E-state index contributed by atoms with van der Waals surface area (Å²) < 4.78 is 14.7. The van der Waals surface area contributed by atoms with Crippen LogP contribution in [0.1, 0.15) is 18.4 Å². The highest BCUT2D eigenvalue weighted by atomic mass is 79.9. The molecule has 22 heavy (non-hydrogen) atoms. The van der Waals surface area contributed by atoms with Gasteiger partial charge in [0, 0.05) is 36.2 Å². The van der Waals surface area contributed by atoms with Crippen LogP contribution < -0.4 is 11.1 Å². The first-order chi connectivity index (χ1) is 10.1. The van der Waals surface area contributed by atoms with E-state index in [0.717, 1.165) is 23.9 Å². The molecule has 1 aromatic carbocycles. The molecule has 7 heteroatoms. The quantitative estimate of drug-likeness (QED) is 0.805. The zero-order chi connectivity index (χ0) is 15.2. The van der Waals surface area contributed by atoms with Crippen molar-refractivity contribution in [3.05, 3.63) is 34.1 Å². The van der Waals surface area contributed by atoms with E-state index >= 15 is 0 Å². The topological polar surface area (TPSA) is 58.4 Å². The second kappa shape index (κ2) is 9.45. The fraction of sp³-hybridized carbons (Fsp3) is 0.533. The number of amides is 1. The lowest BCUT2D eigenvalue weighted by Gasteiger charge is -2.32. The average Bonchev–Trinajstić information content (AvgIpc) is 2.49. The van der Waals surface area contributed by atoms with E-state index in [1.807, 2.05) is 6.07 Å². The monoisotopic (exact) mass is 393 g/mol. The second-order valence-corrected chi connectivity index (χ2v) is 6.21. The zero-order valence-electron chi connectivity index (χ0n) is 12.4. The van der Waals surface area contributed by atoms with Crippen LogP contribution in [0.3, 0.4) is 0 Å². The Balaban J connectivity index is 0.00000242. The number of carbonyl (C=O) groups is 1. The number of piperidine rings is 1. The molecule has 3 N–H and O–H groups in total. The van der Waals surface area contributed by atoms with Gasteiger partial charge in [0.05, 0.1) is 5.92 Å². The Labute approximate surface area is 145 Å². The predicted molar refractivity (Wildman–Crippen MR) is 91.4 cm³/mol. The maximum absolute atomic E-state index is 13.9. The predicted octanol–water partition coefficient (Wildman–Crippen LogP) is 2.30. The van der Waals surface area contributed by atoms with Gasteiger partial charge >= 0.3 is 0 Å². The molecule has 1 aliphatic heterocycles. The number of hydrogen-bond donors (Lipinski definition) is 2. The number of halogens is 3. The van der Waals surface area contributed by atoms with Gasteiger partial charge < -0.3 is 11.1 Å². The van der Waals surface area contributed by atoms with Crippen molar-refractivity contribution in [2.45, 2.75) is 19.4 Å². The Hall–Kier alpha value is -0.690. The van der Waals surface area contributed by atoms with E-state index in [9.17, 15) is 9.18 Å². The van der Waals surface area contributed by atoms with Gasteiger partial charge in [-0.1, -0.05) is 22.0 Å². The van der Waals surface area contributed by atoms with Crippen LogP contribution in [0.2, 0.25) is 0 Å². The standard InChI is InChI=1S/C15H21BrFN3O.ClH/c16-13-4-1-5-14(17)12(13)10-20-8-2-3-11(9-20)15(21)19-7-6-18;/h1,4-5,11H,2-3,6-10,18H2,(H,19,21);1H. The Kier molecular flexibility index (Phi) is 8.31. The van der Waals surface area contributed by atoms with Gasteiger partial charge in [0.1, 0.15) is 5.82 Å². The van der Waals surface area contributed by atoms with E-state index in [2.05, 4.69) is 26.1 Å². The molecule has 0 bridgehead atoms. The van der Waals surface area contributed by atoms with Gasteiger partial charge in [0.15, 0.2) is 0 Å². The summed E-state index contributed by atoms with van der Waals surface area (Å²) in [5.41, 5.74) is 6.05. The van der Waals surface area contributed by atoms with Gasteiger partial charge in [-0.25, -0.2) is 4.39 Å². The van der Waals surface area contributed by atoms with Gasteiger partial charge in [0.25, 0.3) is 0 Å². The van der Waals surface area contributed by atoms with E-state index in [4.69, 9.17) is 5.73 Å². The van der Waals surface area contributed by atoms with Crippen LogP contribution in [0.25, 0.3) is 0 Å². The maximum atomic E-state index is 13.9. The number of nitrogens with one attached hydrogen (secondary N) is 1. The minimum atomic E-state index is -0.209. The molecule has 1 atom stereocenters. The van der Waals surface area contributed by atoms with Crippen molar-refractivity contribution in [3.63, 3.8) is 0 Å². The zero-order valence-corrected chi connectivity index (χ0v) is 14.8. The lowest BCUT2D eigenvalue weighted by atomic mass is 9.96. The maximum Gasteiger partial charge on any atom is 0.224 e. The third-order valence-electron chi connectivity index (χ3n) is 3.76. The molecule has 1 aliphatic rings. The van der Waals surface area contributed by atoms with Crippen molar-refractivity contribution in [2.75, 3.05) is 26.2 Å². The van der Waals surface area contributed by atoms with Crippen molar-refractivity contribution in [1.82, 2.24) is 10.2 Å². The smallest absolute Gasteiger partial charge is 0.224 e. The highest BCUT2D eigenvalue weighted by molar-refractivity contribution is 9.10. The van der Waals surface area contributed by atoms with E-state index in [1.54, 1.807) is 6.07 Å². The SMILES string of the molecule is Cl.NCCNC(=O)C1CCCN(Cc2c(F)cccc2Br)C1. The van der Waals surface area contributed by atoms with Gasteiger partial charge in [-0.2, -0.15) is 0 Å². The molecule has 1 heterocycles. The normalized spacial score (nSPS) is 18.6. The average molecular weight is 395 g/mol. The number of nitrogens with two attached hydrogens (primary N) is 1. The molecule has 1 fully saturated rings. The van der Waals surface area contributed by atoms with Crippen LogP contribution in [0, 0.1) is 11.7 Å². The molecule has 124 valence electrons. The molecular formula is C15H22BrClFN3O. The van der Waals surface area contributed by atoms with Crippen molar-refractivity contribution in [3.8, 4) is 0 Å². The Morgan fingerprint density at radius 3 is 2.95 bits per heavy atom. The number of hydrogen-bond acceptors (Lipinski definition) is 3. The lowest BCUT2D eigenvalue weighted by molar-refractivity contribution is -0.126. The molecular weight excluding hydrogens is 373 g/mol. The van der Waals surface area contributed by atoms with Crippen molar-refractivity contribution in [2.24, 2.45) is 11.7 Å². The highest BCUT2D eigenvalue weighted by Gasteiger charge is 2.26. The van der Waals surface area contributed by atoms with Crippen LogP contribution in [-0.4, -0.2) is 37.0 Å². The van der Waals surface area contributed by atoms with Crippen LogP contribution in [-0.2, 0) is 11.3 Å². The lowest BCUT2D eigenvalue weighted by Crippen LogP contribution is -2.43. The van der Waals surface area contributed by atoms with E-state index in [-0.39, 0.29) is 30.0 Å². The molecule has 0 aliphatic carbocycles. The number of carbonyl (C=O) groups excluding carboxylic acids is 1. The van der Waals surface area contributed by atoms with Gasteiger partial charge in [-0.05, 0) is 31.5 Å². The molecule has 0 spiro atoms. The van der Waals surface area contributed by atoms with Crippen LogP contribution in [0.15, 0.2) is 22.7 Å². The minimum Gasteiger partial charge on any atom is -0.355 e. The Morgan fingerprint density at radius 2 is 2.27 bits per heavy atom. The molecule has 1 unspecified atom stereocenters. The third kappa shape index (κ3) is 5.19. The summed E-state index contributed by atoms with van der Waals surface area (Å²) in [6.07, 6.45) is 1.83. The van der Waals surface area contributed by atoms with Gasteiger partial charge in [0.2, 0.25) is 5.91 Å². The Bertz CT molecular complexity index is 483. The summed E-state index contributed by atoms with van der Waals surface area (Å²) >= 11 is 3.39. The van der Waals surface area contributed by atoms with Crippen molar-refractivity contribution >= 4 is 34.2 Å². The summed E-state index contributed by atoms with van der Waals surface area (Å²) in [4.78, 5) is 14.2. The summed E-state index contributed by atoms with van der Waals surface area (Å²) in [6, 6.07) is 4.99. The van der Waals surface area contributed by atoms with Crippen molar-refractivity contribution < 1.29 is 9.18 Å². The molecule has 1 amide bonds. The molecule has 1 saturated heterocycles. The van der Waals surface area contributed by atoms with Crippen LogP contribution in [0.5, 0.6) is 0 Å². The fourth-order valence-electron chi connectivity index (χ4n) is 2.66. The first kappa shape index (κ1) is 19.4. The van der Waals surface area contributed by atoms with Gasteiger partial charge in [-0.3, -0.25) is 9.69 Å². The summed E-state index contributed by atoms with van der Waals surface area (Å²) in [6.45, 7) is 3.03. The fourth-order valence-corrected chi connectivity index (χ4v) is 3.13. The largest absolute Gasteiger partial charge is 0.355 e. The number of likely N-dealkylation sites (tertiary alicyclic amines) is 1. The second-order valence-electron chi connectivity index (χ2n) is 5.35. The molecule has 1 aromatic rings. The summed E-state index contributed by atoms with van der Waals surface area (Å²) in [5, 5.41) is 2.84. The highest BCUT2D eigenvalue weighted by Crippen LogP contribution is 2.24. The Morgan fingerprint density at radius 1 is 1.50 bits per heavy atom. The summed E-state index contributed by atoms with van der Waals surface area (Å²) in [7, 11) is 0.